The molecule has 0 atom stereocenters. The molecular weight excluding hydrogens is 256 g/mol. The van der Waals surface area contributed by atoms with Crippen LogP contribution in [0.3, 0.4) is 0 Å². The van der Waals surface area contributed by atoms with Gasteiger partial charge in [-0.2, -0.15) is 13.1 Å². The van der Waals surface area contributed by atoms with Crippen molar-refractivity contribution in [2.45, 2.75) is 32.8 Å². The van der Waals surface area contributed by atoms with E-state index in [4.69, 9.17) is 11.6 Å². The Labute approximate surface area is 101 Å². The molecule has 0 aromatic rings. The maximum Gasteiger partial charge on any atom is 0.422 e. The molecule has 16 heavy (non-hydrogen) atoms. The Kier molecular flexibility index (Phi) is 7.44. The smallest absolute Gasteiger partial charge is 0.422 e. The fourth-order valence-electron chi connectivity index (χ4n) is 0.810. The number of halogens is 1. The monoisotopic (exact) mass is 272 g/mol. The van der Waals surface area contributed by atoms with Crippen LogP contribution in [0.25, 0.3) is 0 Å². The van der Waals surface area contributed by atoms with Crippen molar-refractivity contribution in [3.05, 3.63) is 0 Å². The average molecular weight is 273 g/mol. The third kappa shape index (κ3) is 8.75. The summed E-state index contributed by atoms with van der Waals surface area (Å²) in [5.74, 6) is 0.477. The van der Waals surface area contributed by atoms with Gasteiger partial charge in [0.15, 0.2) is 0 Å². The van der Waals surface area contributed by atoms with Crippen LogP contribution in [-0.4, -0.2) is 33.0 Å². The topological polar surface area (TPSA) is 84.5 Å². The van der Waals surface area contributed by atoms with E-state index in [9.17, 15) is 13.2 Å². The lowest BCUT2D eigenvalue weighted by Gasteiger charge is -2.10. The van der Waals surface area contributed by atoms with E-state index in [-0.39, 0.29) is 12.6 Å². The molecule has 0 aliphatic rings. The molecule has 0 spiro atoms. The van der Waals surface area contributed by atoms with E-state index >= 15 is 0 Å². The molecule has 0 aliphatic carbocycles. The minimum absolute atomic E-state index is 0.233. The molecule has 2 N–H and O–H groups in total. The number of nitrogens with one attached hydrogen (secondary N) is 2. The lowest BCUT2D eigenvalue weighted by molar-refractivity contribution is 0.121. The molecule has 0 saturated heterocycles. The Morgan fingerprint density at radius 3 is 2.50 bits per heavy atom. The summed E-state index contributed by atoms with van der Waals surface area (Å²) in [6, 6.07) is 0. The van der Waals surface area contributed by atoms with E-state index < -0.39 is 16.3 Å². The van der Waals surface area contributed by atoms with Crippen molar-refractivity contribution in [3.8, 4) is 0 Å². The highest BCUT2D eigenvalue weighted by atomic mass is 35.5. The summed E-state index contributed by atoms with van der Waals surface area (Å²) < 4.78 is 31.0. The van der Waals surface area contributed by atoms with E-state index in [2.05, 4.69) is 9.46 Å². The van der Waals surface area contributed by atoms with Crippen LogP contribution in [0.2, 0.25) is 0 Å². The predicted molar refractivity (Wildman–Crippen MR) is 61.6 cm³/mol. The van der Waals surface area contributed by atoms with Gasteiger partial charge in [-0.1, -0.05) is 0 Å². The van der Waals surface area contributed by atoms with Gasteiger partial charge >= 0.3 is 16.3 Å². The van der Waals surface area contributed by atoms with Gasteiger partial charge in [0, 0.05) is 12.4 Å². The fourth-order valence-corrected chi connectivity index (χ4v) is 1.75. The minimum Gasteiger partial charge on any atom is -0.446 e. The summed E-state index contributed by atoms with van der Waals surface area (Å²) in [7, 11) is -3.82. The molecule has 0 unspecified atom stereocenters. The predicted octanol–water partition coefficient (Wildman–Crippen LogP) is 0.974. The number of hydrogen-bond acceptors (Lipinski definition) is 4. The van der Waals surface area contributed by atoms with Crippen molar-refractivity contribution in [2.75, 3.05) is 12.4 Å². The fraction of sp³-hybridized carbons (Fsp3) is 0.875. The first-order valence-electron chi connectivity index (χ1n) is 4.91. The zero-order valence-electron chi connectivity index (χ0n) is 9.32. The van der Waals surface area contributed by atoms with Crippen molar-refractivity contribution >= 4 is 27.9 Å². The van der Waals surface area contributed by atoms with Crippen LogP contribution < -0.4 is 9.44 Å². The number of amides is 1. The van der Waals surface area contributed by atoms with E-state index in [0.717, 1.165) is 0 Å². The molecule has 0 aromatic heterocycles. The molecule has 0 radical (unpaired) electrons. The first kappa shape index (κ1) is 15.5. The zero-order valence-corrected chi connectivity index (χ0v) is 10.9. The summed E-state index contributed by atoms with van der Waals surface area (Å²) in [4.78, 5) is 11.0. The van der Waals surface area contributed by atoms with Crippen LogP contribution in [0, 0.1) is 0 Å². The highest BCUT2D eigenvalue weighted by Gasteiger charge is 2.15. The number of carbonyl (C=O) groups excluding carboxylic acids is 1. The Bertz CT molecular complexity index is 305. The highest BCUT2D eigenvalue weighted by molar-refractivity contribution is 7.88. The molecule has 1 amide bonds. The third-order valence-corrected chi connectivity index (χ3v) is 2.70. The van der Waals surface area contributed by atoms with Crippen LogP contribution in [0.4, 0.5) is 4.79 Å². The van der Waals surface area contributed by atoms with Gasteiger partial charge in [0.1, 0.15) is 0 Å². The molecule has 0 bridgehead atoms. The Balaban J connectivity index is 3.91. The van der Waals surface area contributed by atoms with Crippen LogP contribution >= 0.6 is 11.6 Å². The van der Waals surface area contributed by atoms with Crippen LogP contribution in [0.15, 0.2) is 0 Å². The second kappa shape index (κ2) is 7.70. The van der Waals surface area contributed by atoms with Crippen LogP contribution in [0.5, 0.6) is 0 Å². The summed E-state index contributed by atoms with van der Waals surface area (Å²) in [6.45, 7) is 3.48. The maximum atomic E-state index is 11.2. The zero-order chi connectivity index (χ0) is 12.6. The average Bonchev–Trinajstić information content (AvgIpc) is 2.10. The molecule has 8 heteroatoms. The first-order chi connectivity index (χ1) is 7.37. The molecule has 0 heterocycles. The minimum atomic E-state index is -3.82. The van der Waals surface area contributed by atoms with E-state index in [1.54, 1.807) is 18.6 Å². The first-order valence-corrected chi connectivity index (χ1v) is 6.93. The largest absolute Gasteiger partial charge is 0.446 e. The van der Waals surface area contributed by atoms with Gasteiger partial charge in [-0.25, -0.2) is 9.52 Å². The van der Waals surface area contributed by atoms with Gasteiger partial charge in [0.05, 0.1) is 6.10 Å². The summed E-state index contributed by atoms with van der Waals surface area (Å²) >= 11 is 5.43. The van der Waals surface area contributed by atoms with Gasteiger partial charge in [0.2, 0.25) is 0 Å². The molecule has 6 nitrogen and oxygen atoms in total. The van der Waals surface area contributed by atoms with Crippen molar-refractivity contribution in [2.24, 2.45) is 0 Å². The van der Waals surface area contributed by atoms with E-state index in [1.165, 1.54) is 0 Å². The second-order valence-corrected chi connectivity index (χ2v) is 5.23. The Morgan fingerprint density at radius 1 is 1.38 bits per heavy atom. The van der Waals surface area contributed by atoms with Gasteiger partial charge in [-0.05, 0) is 26.7 Å². The number of alkyl halides is 1. The molecule has 0 rings (SSSR count). The summed E-state index contributed by atoms with van der Waals surface area (Å²) in [5, 5.41) is 0. The standard InChI is InChI=1S/C8H17ClN2O4S/c1-7(2)15-8(12)11-16(13,14)10-6-4-3-5-9/h7,10H,3-6H2,1-2H3,(H,11,12). The summed E-state index contributed by atoms with van der Waals surface area (Å²) in [5.41, 5.74) is 0. The molecule has 96 valence electrons. The maximum absolute atomic E-state index is 11.2. The number of hydrogen-bond donors (Lipinski definition) is 2. The van der Waals surface area contributed by atoms with Gasteiger partial charge in [-0.15, -0.1) is 11.6 Å². The van der Waals surface area contributed by atoms with Crippen LogP contribution in [0.1, 0.15) is 26.7 Å². The van der Waals surface area contributed by atoms with Gasteiger partial charge in [-0.3, -0.25) is 0 Å². The number of carbonyl (C=O) groups is 1. The molecule has 0 saturated carbocycles. The number of unbranched alkanes of at least 4 members (excludes halogenated alkanes) is 1. The van der Waals surface area contributed by atoms with Gasteiger partial charge in [0.25, 0.3) is 0 Å². The quantitative estimate of drug-likeness (QED) is 0.534. The van der Waals surface area contributed by atoms with Crippen molar-refractivity contribution in [1.29, 1.82) is 0 Å². The van der Waals surface area contributed by atoms with Gasteiger partial charge < -0.3 is 4.74 Å². The lowest BCUT2D eigenvalue weighted by atomic mass is 10.3. The SMILES string of the molecule is CC(C)OC(=O)NS(=O)(=O)NCCCCCl. The van der Waals surface area contributed by atoms with Crippen molar-refractivity contribution in [3.63, 3.8) is 0 Å². The Hall–Kier alpha value is -0.530. The second-order valence-electron chi connectivity index (χ2n) is 3.35. The molecule has 0 aromatic carbocycles. The van der Waals surface area contributed by atoms with E-state index in [0.29, 0.717) is 18.7 Å². The van der Waals surface area contributed by atoms with Crippen molar-refractivity contribution in [1.82, 2.24) is 9.44 Å². The molecule has 0 fully saturated rings. The number of rotatable bonds is 7. The van der Waals surface area contributed by atoms with Crippen LogP contribution in [-0.2, 0) is 14.9 Å². The van der Waals surface area contributed by atoms with Crippen molar-refractivity contribution < 1.29 is 17.9 Å². The lowest BCUT2D eigenvalue weighted by Crippen LogP contribution is -2.41. The third-order valence-electron chi connectivity index (χ3n) is 1.41. The van der Waals surface area contributed by atoms with E-state index in [1.807, 2.05) is 0 Å². The Morgan fingerprint density at radius 2 is 2.00 bits per heavy atom. The number of ether oxygens (including phenoxy) is 1. The highest BCUT2D eigenvalue weighted by Crippen LogP contribution is 1.92. The molecular formula is C8H17ClN2O4S. The normalized spacial score (nSPS) is 11.5. The molecule has 0 aliphatic heterocycles. The summed E-state index contributed by atoms with van der Waals surface area (Å²) in [6.07, 6.45) is -0.0317.